The van der Waals surface area contributed by atoms with Gasteiger partial charge in [-0.2, -0.15) is 10.2 Å². The topological polar surface area (TPSA) is 131 Å². The molecule has 3 N–H and O–H groups in total. The molecule has 0 saturated heterocycles. The molecule has 0 amide bonds. The normalized spacial score (nSPS) is 9.90. The number of nitrogen functional groups attached to an aromatic ring is 1. The van der Waals surface area contributed by atoms with E-state index in [2.05, 4.69) is 15.3 Å². The van der Waals surface area contributed by atoms with Gasteiger partial charge < -0.3 is 11.1 Å². The maximum Gasteiger partial charge on any atom is 0.320 e. The fourth-order valence-electron chi connectivity index (χ4n) is 1.43. The summed E-state index contributed by atoms with van der Waals surface area (Å²) in [5.74, 6) is -0.486. The van der Waals surface area contributed by atoms with E-state index in [-0.39, 0.29) is 22.3 Å². The van der Waals surface area contributed by atoms with Crippen molar-refractivity contribution in [1.29, 1.82) is 5.26 Å². The highest BCUT2D eigenvalue weighted by Crippen LogP contribution is 2.28. The molecule has 10 heteroatoms. The SMILES string of the molecule is N#CSc1nc(Nc2ccc(F)cc2N)ncc1[N+](=O)[O-]. The number of nitrogens with one attached hydrogen (secondary N) is 1. The number of nitrogens with zero attached hydrogens (tertiary/aromatic N) is 4. The van der Waals surface area contributed by atoms with Gasteiger partial charge in [0.1, 0.15) is 17.4 Å². The van der Waals surface area contributed by atoms with Gasteiger partial charge in [0, 0.05) is 11.8 Å². The van der Waals surface area contributed by atoms with Crippen LogP contribution in [0.4, 0.5) is 27.4 Å². The second kappa shape index (κ2) is 6.02. The van der Waals surface area contributed by atoms with Crippen molar-refractivity contribution in [3.63, 3.8) is 0 Å². The molecule has 0 saturated carbocycles. The van der Waals surface area contributed by atoms with Gasteiger partial charge in [-0.25, -0.2) is 9.37 Å². The Labute approximate surface area is 122 Å². The Kier molecular flexibility index (Phi) is 4.15. The average molecular weight is 306 g/mol. The summed E-state index contributed by atoms with van der Waals surface area (Å²) in [6.07, 6.45) is 0.981. The first-order valence-electron chi connectivity index (χ1n) is 5.40. The highest BCUT2D eigenvalue weighted by molar-refractivity contribution is 8.03. The van der Waals surface area contributed by atoms with Gasteiger partial charge >= 0.3 is 5.69 Å². The van der Waals surface area contributed by atoms with Crippen molar-refractivity contribution in [2.45, 2.75) is 5.03 Å². The molecule has 0 radical (unpaired) electrons. The maximum atomic E-state index is 12.9. The zero-order valence-electron chi connectivity index (χ0n) is 10.3. The molecule has 0 aliphatic heterocycles. The molecule has 0 atom stereocenters. The number of hydrogen-bond acceptors (Lipinski definition) is 8. The molecule has 0 fully saturated rings. The Morgan fingerprint density at radius 2 is 2.29 bits per heavy atom. The van der Waals surface area contributed by atoms with Gasteiger partial charge in [-0.3, -0.25) is 10.1 Å². The van der Waals surface area contributed by atoms with Gasteiger partial charge in [0.15, 0.2) is 5.03 Å². The molecule has 8 nitrogen and oxygen atoms in total. The highest BCUT2D eigenvalue weighted by Gasteiger charge is 2.18. The predicted molar refractivity (Wildman–Crippen MR) is 74.3 cm³/mol. The monoisotopic (exact) mass is 306 g/mol. The first-order chi connectivity index (χ1) is 10.0. The van der Waals surface area contributed by atoms with Crippen molar-refractivity contribution < 1.29 is 9.31 Å². The fourth-order valence-corrected chi connectivity index (χ4v) is 1.88. The number of rotatable bonds is 4. The van der Waals surface area contributed by atoms with E-state index in [9.17, 15) is 14.5 Å². The van der Waals surface area contributed by atoms with E-state index >= 15 is 0 Å². The molecule has 21 heavy (non-hydrogen) atoms. The number of benzene rings is 1. The van der Waals surface area contributed by atoms with E-state index in [1.165, 1.54) is 12.1 Å². The molecule has 1 heterocycles. The van der Waals surface area contributed by atoms with Crippen LogP contribution >= 0.6 is 11.8 Å². The Morgan fingerprint density at radius 1 is 1.52 bits per heavy atom. The third kappa shape index (κ3) is 3.34. The van der Waals surface area contributed by atoms with Crippen LogP contribution in [-0.4, -0.2) is 14.9 Å². The van der Waals surface area contributed by atoms with E-state index in [1.54, 1.807) is 5.40 Å². The number of halogens is 1. The van der Waals surface area contributed by atoms with Gasteiger partial charge in [0.25, 0.3) is 0 Å². The van der Waals surface area contributed by atoms with Crippen LogP contribution in [0, 0.1) is 26.6 Å². The first-order valence-corrected chi connectivity index (χ1v) is 6.22. The van der Waals surface area contributed by atoms with Gasteiger partial charge in [0.2, 0.25) is 5.95 Å². The maximum absolute atomic E-state index is 12.9. The molecule has 2 aromatic rings. The second-order valence-electron chi connectivity index (χ2n) is 3.69. The van der Waals surface area contributed by atoms with Crippen LogP contribution in [0.25, 0.3) is 0 Å². The molecular weight excluding hydrogens is 299 g/mol. The second-order valence-corrected chi connectivity index (χ2v) is 4.46. The lowest BCUT2D eigenvalue weighted by Gasteiger charge is -2.08. The van der Waals surface area contributed by atoms with Gasteiger partial charge in [0.05, 0.1) is 16.3 Å². The van der Waals surface area contributed by atoms with Crippen LogP contribution in [0.1, 0.15) is 0 Å². The highest BCUT2D eigenvalue weighted by atomic mass is 32.2. The van der Waals surface area contributed by atoms with Crippen molar-refractivity contribution >= 4 is 34.8 Å². The number of hydrogen-bond donors (Lipinski definition) is 2. The number of nitriles is 1. The fraction of sp³-hybridized carbons (Fsp3) is 0. The van der Waals surface area contributed by atoms with Crippen molar-refractivity contribution in [3.8, 4) is 5.40 Å². The molecule has 0 spiro atoms. The Balaban J connectivity index is 2.35. The number of anilines is 3. The molecular formula is C11H7FN6O2S. The summed E-state index contributed by atoms with van der Waals surface area (Å²) in [5.41, 5.74) is 5.72. The third-order valence-corrected chi connectivity index (χ3v) is 2.92. The summed E-state index contributed by atoms with van der Waals surface area (Å²) in [7, 11) is 0. The standard InChI is InChI=1S/C11H7FN6O2S/c12-6-1-2-8(7(14)3-6)16-11-15-4-9(18(19)20)10(17-11)21-5-13/h1-4H,14H2,(H,15,16,17). The number of nitro groups is 1. The zero-order valence-corrected chi connectivity index (χ0v) is 11.1. The smallest absolute Gasteiger partial charge is 0.320 e. The lowest BCUT2D eigenvalue weighted by molar-refractivity contribution is -0.388. The van der Waals surface area contributed by atoms with Crippen LogP contribution < -0.4 is 11.1 Å². The minimum Gasteiger partial charge on any atom is -0.397 e. The molecule has 0 aliphatic rings. The van der Waals surface area contributed by atoms with Crippen LogP contribution in [0.5, 0.6) is 0 Å². The summed E-state index contributed by atoms with van der Waals surface area (Å²) in [4.78, 5) is 17.7. The average Bonchev–Trinajstić information content (AvgIpc) is 2.42. The number of thioether (sulfide) groups is 1. The molecule has 0 bridgehead atoms. The van der Waals surface area contributed by atoms with E-state index in [1.807, 2.05) is 0 Å². The van der Waals surface area contributed by atoms with E-state index < -0.39 is 10.7 Å². The third-order valence-electron chi connectivity index (χ3n) is 2.33. The van der Waals surface area contributed by atoms with Gasteiger partial charge in [-0.1, -0.05) is 0 Å². The number of nitrogens with two attached hydrogens (primary N) is 1. The lowest BCUT2D eigenvalue weighted by atomic mass is 10.2. The molecule has 1 aromatic heterocycles. The summed E-state index contributed by atoms with van der Waals surface area (Å²) in [5, 5.41) is 23.7. The van der Waals surface area contributed by atoms with Crippen molar-refractivity contribution in [2.75, 3.05) is 11.1 Å². The van der Waals surface area contributed by atoms with Crippen LogP contribution in [-0.2, 0) is 0 Å². The summed E-state index contributed by atoms with van der Waals surface area (Å²) in [6, 6.07) is 3.68. The molecule has 0 unspecified atom stereocenters. The van der Waals surface area contributed by atoms with E-state index in [0.717, 1.165) is 12.3 Å². The number of thiocyanates is 1. The molecule has 0 aliphatic carbocycles. The summed E-state index contributed by atoms with van der Waals surface area (Å²) in [6.45, 7) is 0. The minimum atomic E-state index is -0.685. The Hall–Kier alpha value is -2.93. The molecule has 106 valence electrons. The number of aromatic nitrogens is 2. The largest absolute Gasteiger partial charge is 0.397 e. The molecule has 1 aromatic carbocycles. The predicted octanol–water partition coefficient (Wildman–Crippen LogP) is 2.42. The van der Waals surface area contributed by atoms with Crippen LogP contribution in [0.3, 0.4) is 0 Å². The first kappa shape index (κ1) is 14.5. The van der Waals surface area contributed by atoms with Gasteiger partial charge in [-0.05, 0) is 18.2 Å². The van der Waals surface area contributed by atoms with E-state index in [4.69, 9.17) is 11.0 Å². The summed E-state index contributed by atoms with van der Waals surface area (Å²) < 4.78 is 12.9. The Bertz CT molecular complexity index is 748. The van der Waals surface area contributed by atoms with Gasteiger partial charge in [-0.15, -0.1) is 0 Å². The molecule has 2 rings (SSSR count). The van der Waals surface area contributed by atoms with Crippen molar-refractivity contribution in [1.82, 2.24) is 9.97 Å². The quantitative estimate of drug-likeness (QED) is 0.220. The van der Waals surface area contributed by atoms with Crippen molar-refractivity contribution in [2.24, 2.45) is 0 Å². The zero-order chi connectivity index (χ0) is 15.4. The Morgan fingerprint density at radius 3 is 2.90 bits per heavy atom. The summed E-state index contributed by atoms with van der Waals surface area (Å²) >= 11 is 0.543. The van der Waals surface area contributed by atoms with Crippen molar-refractivity contribution in [3.05, 3.63) is 40.3 Å². The van der Waals surface area contributed by atoms with E-state index in [0.29, 0.717) is 17.4 Å². The van der Waals surface area contributed by atoms with Crippen LogP contribution in [0.2, 0.25) is 0 Å². The lowest BCUT2D eigenvalue weighted by Crippen LogP contribution is -2.03. The van der Waals surface area contributed by atoms with Crippen LogP contribution in [0.15, 0.2) is 29.4 Å². The minimum absolute atomic E-state index is 0.0108.